The first kappa shape index (κ1) is 10.7. The van der Waals surface area contributed by atoms with E-state index in [9.17, 15) is 9.59 Å². The Kier molecular flexibility index (Phi) is 2.64. The number of aromatic amines is 1. The highest BCUT2D eigenvalue weighted by molar-refractivity contribution is 5.77. The molecule has 4 heteroatoms. The molecular formula is C12H16N2O2. The Hall–Kier alpha value is -1.84. The maximum atomic E-state index is 12.0. The zero-order valence-corrected chi connectivity index (χ0v) is 9.41. The first-order valence-electron chi connectivity index (χ1n) is 5.37. The van der Waals surface area contributed by atoms with Gasteiger partial charge in [0, 0.05) is 7.97 Å². The molecular weight excluding hydrogens is 204 g/mol. The molecule has 0 saturated heterocycles. The largest absolute Gasteiger partial charge is 0.328 e. The van der Waals surface area contributed by atoms with Gasteiger partial charge in [-0.3, -0.25) is 9.36 Å². The van der Waals surface area contributed by atoms with Crippen molar-refractivity contribution >= 4 is 10.9 Å². The second-order valence-electron chi connectivity index (χ2n) is 3.94. The van der Waals surface area contributed by atoms with Crippen molar-refractivity contribution in [1.82, 2.24) is 9.55 Å². The van der Waals surface area contributed by atoms with Gasteiger partial charge in [0.05, 0.1) is 10.9 Å². The van der Waals surface area contributed by atoms with Crippen LogP contribution in [0.4, 0.5) is 0 Å². The van der Waals surface area contributed by atoms with E-state index in [0.717, 1.165) is 12.0 Å². The van der Waals surface area contributed by atoms with Gasteiger partial charge in [-0.25, -0.2) is 4.79 Å². The summed E-state index contributed by atoms with van der Waals surface area (Å²) in [5, 5.41) is 0.577. The molecule has 0 saturated carbocycles. The van der Waals surface area contributed by atoms with Crippen LogP contribution in [0, 0.1) is 6.92 Å². The van der Waals surface area contributed by atoms with Gasteiger partial charge in [-0.05, 0) is 25.5 Å². The van der Waals surface area contributed by atoms with Crippen molar-refractivity contribution in [3.8, 4) is 0 Å². The molecule has 1 heterocycles. The van der Waals surface area contributed by atoms with Crippen molar-refractivity contribution in [3.63, 3.8) is 0 Å². The van der Waals surface area contributed by atoms with E-state index in [-0.39, 0.29) is 12.7 Å². The minimum atomic E-state index is -0.330. The standard InChI is InChI=1S/C12H14N2O2.H2/c1-3-6-14-11(15)9-7-8(2)4-5-10(9)13-12(14)16;/h4-5,7H,3,6H2,1-2H3,(H,13,16);1H. The van der Waals surface area contributed by atoms with Crippen molar-refractivity contribution in [2.24, 2.45) is 0 Å². The van der Waals surface area contributed by atoms with E-state index in [1.165, 1.54) is 4.57 Å². The molecule has 16 heavy (non-hydrogen) atoms. The quantitative estimate of drug-likeness (QED) is 0.836. The second-order valence-corrected chi connectivity index (χ2v) is 3.94. The third-order valence-corrected chi connectivity index (χ3v) is 2.58. The third-order valence-electron chi connectivity index (χ3n) is 2.58. The minimum Gasteiger partial charge on any atom is -0.307 e. The van der Waals surface area contributed by atoms with Crippen LogP contribution in [0.3, 0.4) is 0 Å². The van der Waals surface area contributed by atoms with Crippen molar-refractivity contribution in [2.45, 2.75) is 26.8 Å². The lowest BCUT2D eigenvalue weighted by molar-refractivity contribution is 0.623. The van der Waals surface area contributed by atoms with Gasteiger partial charge >= 0.3 is 5.69 Å². The topological polar surface area (TPSA) is 54.9 Å². The number of nitrogens with zero attached hydrogens (tertiary/aromatic N) is 1. The number of nitrogens with one attached hydrogen (secondary N) is 1. The van der Waals surface area contributed by atoms with Gasteiger partial charge in [0.25, 0.3) is 5.56 Å². The van der Waals surface area contributed by atoms with E-state index >= 15 is 0 Å². The van der Waals surface area contributed by atoms with Gasteiger partial charge in [0.15, 0.2) is 0 Å². The Morgan fingerprint density at radius 3 is 2.81 bits per heavy atom. The normalized spacial score (nSPS) is 10.9. The monoisotopic (exact) mass is 220 g/mol. The molecule has 86 valence electrons. The van der Waals surface area contributed by atoms with Crippen LogP contribution in [0.15, 0.2) is 27.8 Å². The summed E-state index contributed by atoms with van der Waals surface area (Å²) < 4.78 is 1.25. The third kappa shape index (κ3) is 1.66. The molecule has 0 atom stereocenters. The van der Waals surface area contributed by atoms with E-state index in [2.05, 4.69) is 4.98 Å². The summed E-state index contributed by atoms with van der Waals surface area (Å²) in [6.45, 7) is 4.32. The Bertz CT molecular complexity index is 643. The van der Waals surface area contributed by atoms with E-state index < -0.39 is 0 Å². The second kappa shape index (κ2) is 3.96. The van der Waals surface area contributed by atoms with Crippen LogP contribution in [-0.2, 0) is 6.54 Å². The molecule has 0 aliphatic carbocycles. The average molecular weight is 220 g/mol. The molecule has 0 fully saturated rings. The SMILES string of the molecule is CCCn1c(=O)[nH]c2ccc(C)cc2c1=O.[HH]. The van der Waals surface area contributed by atoms with Crippen LogP contribution in [0.1, 0.15) is 20.3 Å². The number of H-pyrrole nitrogens is 1. The summed E-state index contributed by atoms with van der Waals surface area (Å²) in [6, 6.07) is 5.45. The van der Waals surface area contributed by atoms with Crippen molar-refractivity contribution in [3.05, 3.63) is 44.6 Å². The number of rotatable bonds is 2. The van der Waals surface area contributed by atoms with E-state index in [0.29, 0.717) is 17.4 Å². The average Bonchev–Trinajstić information content (AvgIpc) is 2.26. The molecule has 4 nitrogen and oxygen atoms in total. The maximum absolute atomic E-state index is 12.0. The summed E-state index contributed by atoms with van der Waals surface area (Å²) in [5.41, 5.74) is 1.08. The minimum absolute atomic E-state index is 0. The summed E-state index contributed by atoms with van der Waals surface area (Å²) in [6.07, 6.45) is 0.764. The number of benzene rings is 1. The van der Waals surface area contributed by atoms with E-state index in [1.54, 1.807) is 12.1 Å². The van der Waals surface area contributed by atoms with Gasteiger partial charge in [0.2, 0.25) is 0 Å². The first-order chi connectivity index (χ1) is 7.63. The van der Waals surface area contributed by atoms with Crippen LogP contribution >= 0.6 is 0 Å². The van der Waals surface area contributed by atoms with Crippen molar-refractivity contribution < 1.29 is 1.43 Å². The molecule has 0 amide bonds. The number of hydrogen-bond acceptors (Lipinski definition) is 2. The fourth-order valence-corrected chi connectivity index (χ4v) is 1.79. The van der Waals surface area contributed by atoms with Gasteiger partial charge in [0.1, 0.15) is 0 Å². The maximum Gasteiger partial charge on any atom is 0.328 e. The molecule has 0 unspecified atom stereocenters. The molecule has 0 aliphatic heterocycles. The van der Waals surface area contributed by atoms with Crippen LogP contribution < -0.4 is 11.2 Å². The summed E-state index contributed by atoms with van der Waals surface area (Å²) in [4.78, 5) is 26.4. The molecule has 2 aromatic rings. The molecule has 0 aliphatic rings. The fraction of sp³-hybridized carbons (Fsp3) is 0.333. The summed E-state index contributed by atoms with van der Waals surface area (Å²) in [7, 11) is 0. The molecule has 1 aromatic heterocycles. The molecule has 1 aromatic carbocycles. The Labute approximate surface area is 94.0 Å². The van der Waals surface area contributed by atoms with Gasteiger partial charge < -0.3 is 4.98 Å². The van der Waals surface area contributed by atoms with Crippen molar-refractivity contribution in [2.75, 3.05) is 0 Å². The Balaban J connectivity index is 0.00000144. The predicted octanol–water partition coefficient (Wildman–Crippen LogP) is 1.65. The number of aryl methyl sites for hydroxylation is 1. The zero-order valence-electron chi connectivity index (χ0n) is 9.41. The van der Waals surface area contributed by atoms with Gasteiger partial charge in [-0.1, -0.05) is 18.6 Å². The summed E-state index contributed by atoms with van der Waals surface area (Å²) >= 11 is 0. The van der Waals surface area contributed by atoms with E-state index in [4.69, 9.17) is 0 Å². The molecule has 0 radical (unpaired) electrons. The highest BCUT2D eigenvalue weighted by Crippen LogP contribution is 2.07. The highest BCUT2D eigenvalue weighted by atomic mass is 16.2. The molecule has 0 spiro atoms. The molecule has 1 N–H and O–H groups in total. The van der Waals surface area contributed by atoms with E-state index in [1.807, 2.05) is 19.9 Å². The zero-order chi connectivity index (χ0) is 11.7. The lowest BCUT2D eigenvalue weighted by Crippen LogP contribution is -2.34. The van der Waals surface area contributed by atoms with Gasteiger partial charge in [-0.15, -0.1) is 0 Å². The lowest BCUT2D eigenvalue weighted by atomic mass is 10.2. The van der Waals surface area contributed by atoms with Crippen LogP contribution in [0.5, 0.6) is 0 Å². The molecule has 2 rings (SSSR count). The smallest absolute Gasteiger partial charge is 0.307 e. The summed E-state index contributed by atoms with van der Waals surface area (Å²) in [5.74, 6) is 0. The van der Waals surface area contributed by atoms with Crippen molar-refractivity contribution in [1.29, 1.82) is 0 Å². The number of fused-ring (bicyclic) bond motifs is 1. The number of aromatic nitrogens is 2. The van der Waals surface area contributed by atoms with Crippen LogP contribution in [0.25, 0.3) is 10.9 Å². The fourth-order valence-electron chi connectivity index (χ4n) is 1.79. The number of hydrogen-bond donors (Lipinski definition) is 1. The highest BCUT2D eigenvalue weighted by Gasteiger charge is 2.06. The van der Waals surface area contributed by atoms with Crippen LogP contribution in [0.2, 0.25) is 0 Å². The Morgan fingerprint density at radius 1 is 1.38 bits per heavy atom. The first-order valence-corrected chi connectivity index (χ1v) is 5.37. The molecule has 0 bridgehead atoms. The lowest BCUT2D eigenvalue weighted by Gasteiger charge is -2.05. The Morgan fingerprint density at radius 2 is 2.12 bits per heavy atom. The van der Waals surface area contributed by atoms with Gasteiger partial charge in [-0.2, -0.15) is 0 Å². The predicted molar refractivity (Wildman–Crippen MR) is 66.0 cm³/mol. The van der Waals surface area contributed by atoms with Crippen LogP contribution in [-0.4, -0.2) is 9.55 Å².